The van der Waals surface area contributed by atoms with E-state index in [0.717, 1.165) is 16.3 Å². The molecule has 0 fully saturated rings. The van der Waals surface area contributed by atoms with Gasteiger partial charge in [0.15, 0.2) is 12.4 Å². The summed E-state index contributed by atoms with van der Waals surface area (Å²) >= 11 is 9.29. The molecule has 68 valence electrons. The predicted octanol–water partition coefficient (Wildman–Crippen LogP) is 2.60. The van der Waals surface area contributed by atoms with E-state index in [1.54, 1.807) is 6.07 Å². The summed E-state index contributed by atoms with van der Waals surface area (Å²) in [5.41, 5.74) is 0.976. The number of ether oxygens (including phenoxy) is 1. The van der Waals surface area contributed by atoms with E-state index in [1.165, 1.54) is 0 Å². The average molecular weight is 262 g/mol. The minimum absolute atomic E-state index is 0.383. The molecule has 0 N–H and O–H groups in total. The van der Waals surface area contributed by atoms with Gasteiger partial charge in [-0.2, -0.15) is 0 Å². The van der Waals surface area contributed by atoms with Crippen LogP contribution < -0.4 is 4.74 Å². The first kappa shape index (κ1) is 9.03. The highest BCUT2D eigenvalue weighted by Crippen LogP contribution is 2.39. The lowest BCUT2D eigenvalue weighted by Gasteiger charge is -2.03. The highest BCUT2D eigenvalue weighted by molar-refractivity contribution is 9.10. The molecular weight excluding hydrogens is 255 g/mol. The highest BCUT2D eigenvalue weighted by Gasteiger charge is 2.26. The Balaban J connectivity index is 2.49. The van der Waals surface area contributed by atoms with Gasteiger partial charge in [0.05, 0.1) is 5.02 Å². The minimum atomic E-state index is -0.383. The quantitative estimate of drug-likeness (QED) is 0.727. The second-order valence-corrected chi connectivity index (χ2v) is 4.09. The number of benzene rings is 1. The second-order valence-electron chi connectivity index (χ2n) is 2.83. The van der Waals surface area contributed by atoms with Crippen molar-refractivity contribution in [3.05, 3.63) is 27.2 Å². The zero-order valence-electron chi connectivity index (χ0n) is 6.59. The number of hydrogen-bond donors (Lipinski definition) is 0. The van der Waals surface area contributed by atoms with E-state index in [9.17, 15) is 4.79 Å². The maximum Gasteiger partial charge on any atom is 0.160 e. The zero-order chi connectivity index (χ0) is 9.42. The largest absolute Gasteiger partial charge is 0.481 e. The molecule has 0 saturated heterocycles. The molecule has 1 heterocycles. The van der Waals surface area contributed by atoms with Crippen LogP contribution in [0.25, 0.3) is 0 Å². The van der Waals surface area contributed by atoms with E-state index < -0.39 is 0 Å². The van der Waals surface area contributed by atoms with Crippen LogP contribution in [0.5, 0.6) is 5.75 Å². The van der Waals surface area contributed by atoms with Crippen molar-refractivity contribution < 1.29 is 9.53 Å². The van der Waals surface area contributed by atoms with Gasteiger partial charge in [0, 0.05) is 16.5 Å². The van der Waals surface area contributed by atoms with Crippen LogP contribution in [0.1, 0.15) is 5.56 Å². The van der Waals surface area contributed by atoms with Crippen molar-refractivity contribution in [3.8, 4) is 5.75 Å². The van der Waals surface area contributed by atoms with Gasteiger partial charge >= 0.3 is 0 Å². The Bertz CT molecular complexity index is 334. The number of hydrogen-bond acceptors (Lipinski definition) is 2. The fourth-order valence-corrected chi connectivity index (χ4v) is 2.06. The Morgan fingerprint density at radius 1 is 1.62 bits per heavy atom. The molecule has 0 aromatic heterocycles. The number of halogens is 2. The fraction of sp³-hybridized carbons (Fsp3) is 0.222. The van der Waals surface area contributed by atoms with Gasteiger partial charge in [-0.05, 0) is 12.1 Å². The van der Waals surface area contributed by atoms with Gasteiger partial charge in [0.2, 0.25) is 0 Å². The number of fused-ring (bicyclic) bond motifs is 1. The smallest absolute Gasteiger partial charge is 0.160 e. The maximum absolute atomic E-state index is 10.5. The van der Waals surface area contributed by atoms with Gasteiger partial charge in [-0.25, -0.2) is 0 Å². The third-order valence-corrected chi connectivity index (χ3v) is 3.02. The molecule has 0 amide bonds. The summed E-state index contributed by atoms with van der Waals surface area (Å²) < 4.78 is 6.28. The highest BCUT2D eigenvalue weighted by atomic mass is 79.9. The Hall–Kier alpha value is -0.540. The minimum Gasteiger partial charge on any atom is -0.481 e. The molecule has 1 aliphatic heterocycles. The molecule has 1 aliphatic rings. The van der Waals surface area contributed by atoms with Crippen LogP contribution in [0, 0.1) is 0 Å². The molecular formula is C9H6BrClO2. The SMILES string of the molecule is O=CC1Cc2c(Br)ccc(Cl)c2O1. The molecule has 1 unspecified atom stereocenters. The molecule has 2 nitrogen and oxygen atoms in total. The van der Waals surface area contributed by atoms with Gasteiger partial charge in [-0.15, -0.1) is 0 Å². The molecule has 0 aliphatic carbocycles. The normalized spacial score (nSPS) is 19.4. The molecule has 13 heavy (non-hydrogen) atoms. The topological polar surface area (TPSA) is 26.3 Å². The molecule has 0 saturated carbocycles. The standard InChI is InChI=1S/C9H6BrClO2/c10-7-1-2-8(11)9-6(7)3-5(4-12)13-9/h1-2,4-5H,3H2. The van der Waals surface area contributed by atoms with E-state index in [2.05, 4.69) is 15.9 Å². The summed E-state index contributed by atoms with van der Waals surface area (Å²) in [6.45, 7) is 0. The van der Waals surface area contributed by atoms with Crippen molar-refractivity contribution in [2.75, 3.05) is 0 Å². The number of carbonyl (C=O) groups excluding carboxylic acids is 1. The van der Waals surface area contributed by atoms with Crippen LogP contribution in [-0.4, -0.2) is 12.4 Å². The predicted molar refractivity (Wildman–Crippen MR) is 53.3 cm³/mol. The van der Waals surface area contributed by atoms with Crippen LogP contribution in [0.15, 0.2) is 16.6 Å². The molecule has 1 aromatic carbocycles. The Morgan fingerprint density at radius 3 is 3.00 bits per heavy atom. The molecule has 0 spiro atoms. The van der Waals surface area contributed by atoms with Crippen molar-refractivity contribution >= 4 is 33.8 Å². The summed E-state index contributed by atoms with van der Waals surface area (Å²) in [5, 5.41) is 0.558. The number of aldehydes is 1. The van der Waals surface area contributed by atoms with Gasteiger partial charge in [0.1, 0.15) is 5.75 Å². The van der Waals surface area contributed by atoms with Crippen molar-refractivity contribution in [3.63, 3.8) is 0 Å². The monoisotopic (exact) mass is 260 g/mol. The van der Waals surface area contributed by atoms with Gasteiger partial charge < -0.3 is 4.74 Å². The van der Waals surface area contributed by atoms with Crippen LogP contribution in [0.2, 0.25) is 5.02 Å². The first-order chi connectivity index (χ1) is 6.22. The van der Waals surface area contributed by atoms with E-state index >= 15 is 0 Å². The van der Waals surface area contributed by atoms with Crippen molar-refractivity contribution in [2.45, 2.75) is 12.5 Å². The summed E-state index contributed by atoms with van der Waals surface area (Å²) in [6, 6.07) is 3.61. The Kier molecular flexibility index (Phi) is 2.30. The molecule has 1 atom stereocenters. The lowest BCUT2D eigenvalue weighted by atomic mass is 10.1. The van der Waals surface area contributed by atoms with Crippen molar-refractivity contribution in [1.82, 2.24) is 0 Å². The first-order valence-corrected chi connectivity index (χ1v) is 4.98. The zero-order valence-corrected chi connectivity index (χ0v) is 8.93. The molecule has 0 bridgehead atoms. The summed E-state index contributed by atoms with van der Waals surface area (Å²) in [7, 11) is 0. The van der Waals surface area contributed by atoms with Gasteiger partial charge in [-0.1, -0.05) is 27.5 Å². The summed E-state index contributed by atoms with van der Waals surface area (Å²) in [4.78, 5) is 10.5. The average Bonchev–Trinajstić information content (AvgIpc) is 2.56. The van der Waals surface area contributed by atoms with Crippen LogP contribution >= 0.6 is 27.5 Å². The molecule has 0 radical (unpaired) electrons. The Morgan fingerprint density at radius 2 is 2.38 bits per heavy atom. The van der Waals surface area contributed by atoms with Crippen molar-refractivity contribution in [2.24, 2.45) is 0 Å². The van der Waals surface area contributed by atoms with Crippen molar-refractivity contribution in [1.29, 1.82) is 0 Å². The number of rotatable bonds is 1. The fourth-order valence-electron chi connectivity index (χ4n) is 1.36. The number of carbonyl (C=O) groups is 1. The third kappa shape index (κ3) is 1.46. The van der Waals surface area contributed by atoms with Crippen LogP contribution in [0.4, 0.5) is 0 Å². The van der Waals surface area contributed by atoms with Crippen LogP contribution in [0.3, 0.4) is 0 Å². The van der Waals surface area contributed by atoms with Gasteiger partial charge in [0.25, 0.3) is 0 Å². The van der Waals surface area contributed by atoms with E-state index in [0.29, 0.717) is 17.2 Å². The molecule has 2 rings (SSSR count). The maximum atomic E-state index is 10.5. The third-order valence-electron chi connectivity index (χ3n) is 1.98. The molecule has 1 aromatic rings. The lowest BCUT2D eigenvalue weighted by Crippen LogP contribution is -2.13. The Labute approximate surface area is 89.0 Å². The molecule has 4 heteroatoms. The van der Waals surface area contributed by atoms with E-state index in [-0.39, 0.29) is 6.10 Å². The van der Waals surface area contributed by atoms with E-state index in [1.807, 2.05) is 6.07 Å². The van der Waals surface area contributed by atoms with Gasteiger partial charge in [-0.3, -0.25) is 4.79 Å². The second kappa shape index (κ2) is 3.31. The summed E-state index contributed by atoms with van der Waals surface area (Å²) in [6.07, 6.45) is 1.01. The summed E-state index contributed by atoms with van der Waals surface area (Å²) in [5.74, 6) is 0.633. The van der Waals surface area contributed by atoms with E-state index in [4.69, 9.17) is 16.3 Å². The van der Waals surface area contributed by atoms with Crippen LogP contribution in [-0.2, 0) is 11.2 Å². The lowest BCUT2D eigenvalue weighted by molar-refractivity contribution is -0.113. The first-order valence-electron chi connectivity index (χ1n) is 3.81.